The standard InChI is InChI=1S/C29H35F6NO4.ClH/c1-37-10-5-11-38-12-13-39-19-21-17-27(22-6-3-2-4-7-22)26(9-8-25(21)36-27)40-18-20-14-23(28(30,31)32)16-24(15-20)29(33,34)35;/h2-4,6-7,14-16,21,25-26,36H,5,8-13,17-19H2,1H3;1H/t21-,25-,26+,27+;/m0./s1. The van der Waals surface area contributed by atoms with E-state index in [0.717, 1.165) is 30.5 Å². The number of nitrogens with one attached hydrogen (secondary N) is 1. The Bertz CT molecular complexity index is 1050. The third kappa shape index (κ3) is 8.58. The topological polar surface area (TPSA) is 49.0 Å². The molecule has 2 saturated heterocycles. The molecule has 0 amide bonds. The molecule has 0 unspecified atom stereocenters. The second kappa shape index (κ2) is 14.5. The third-order valence-electron chi connectivity index (χ3n) is 7.61. The van der Waals surface area contributed by atoms with Gasteiger partial charge in [-0.3, -0.25) is 0 Å². The quantitative estimate of drug-likeness (QED) is 0.200. The van der Waals surface area contributed by atoms with Crippen molar-refractivity contribution in [1.29, 1.82) is 0 Å². The summed E-state index contributed by atoms with van der Waals surface area (Å²) in [5.74, 6) is 0.160. The van der Waals surface area contributed by atoms with Crippen LogP contribution < -0.4 is 5.32 Å². The van der Waals surface area contributed by atoms with Crippen molar-refractivity contribution in [3.8, 4) is 0 Å². The Hall–Kier alpha value is -1.89. The van der Waals surface area contributed by atoms with Crippen molar-refractivity contribution in [3.63, 3.8) is 0 Å². The van der Waals surface area contributed by atoms with Gasteiger partial charge < -0.3 is 24.3 Å². The van der Waals surface area contributed by atoms with E-state index in [1.165, 1.54) is 0 Å². The second-order valence-electron chi connectivity index (χ2n) is 10.4. The summed E-state index contributed by atoms with van der Waals surface area (Å²) >= 11 is 0. The summed E-state index contributed by atoms with van der Waals surface area (Å²) in [5.41, 5.74) is -2.53. The number of alkyl halides is 6. The number of benzene rings is 2. The number of methoxy groups -OCH3 is 1. The second-order valence-corrected chi connectivity index (χ2v) is 10.4. The molecular formula is C29H36ClF6NO4. The predicted molar refractivity (Wildman–Crippen MR) is 143 cm³/mol. The molecule has 41 heavy (non-hydrogen) atoms. The van der Waals surface area contributed by atoms with Gasteiger partial charge in [0.1, 0.15) is 0 Å². The van der Waals surface area contributed by atoms with Crippen LogP contribution in [0, 0.1) is 5.92 Å². The van der Waals surface area contributed by atoms with Gasteiger partial charge in [-0.1, -0.05) is 30.3 Å². The van der Waals surface area contributed by atoms with Gasteiger partial charge in [-0.25, -0.2) is 0 Å². The van der Waals surface area contributed by atoms with Crippen molar-refractivity contribution < 1.29 is 45.3 Å². The van der Waals surface area contributed by atoms with Gasteiger partial charge in [0.05, 0.1) is 49.2 Å². The first-order valence-electron chi connectivity index (χ1n) is 13.4. The van der Waals surface area contributed by atoms with E-state index >= 15 is 0 Å². The fraction of sp³-hybridized carbons (Fsp3) is 0.586. The normalized spacial score (nSPS) is 24.3. The van der Waals surface area contributed by atoms with Crippen LogP contribution in [-0.2, 0) is 43.4 Å². The van der Waals surface area contributed by atoms with Crippen molar-refractivity contribution in [2.24, 2.45) is 5.92 Å². The molecule has 0 saturated carbocycles. The van der Waals surface area contributed by atoms with Crippen LogP contribution in [0.4, 0.5) is 26.3 Å². The minimum absolute atomic E-state index is 0. The van der Waals surface area contributed by atoms with Crippen LogP contribution in [0.2, 0.25) is 0 Å². The van der Waals surface area contributed by atoms with Crippen LogP contribution in [-0.4, -0.2) is 52.3 Å². The maximum atomic E-state index is 13.4. The Morgan fingerprint density at radius 2 is 1.51 bits per heavy atom. The SMILES string of the molecule is COCCCOCCOC[C@@H]1C[C@]2(c3ccccc3)N[C@H]1CC[C@H]2OCc1cc(C(F)(F)F)cc(C(F)(F)F)c1.Cl. The zero-order valence-corrected chi connectivity index (χ0v) is 23.5. The maximum absolute atomic E-state index is 13.4. The lowest BCUT2D eigenvalue weighted by molar-refractivity contribution is -0.143. The van der Waals surface area contributed by atoms with E-state index in [1.54, 1.807) is 7.11 Å². The Balaban J connectivity index is 0.00000462. The number of rotatable bonds is 13. The fourth-order valence-corrected chi connectivity index (χ4v) is 5.76. The van der Waals surface area contributed by atoms with Crippen molar-refractivity contribution in [3.05, 3.63) is 70.8 Å². The molecule has 2 aromatic carbocycles. The lowest BCUT2D eigenvalue weighted by Crippen LogP contribution is -2.54. The monoisotopic (exact) mass is 611 g/mol. The fourth-order valence-electron chi connectivity index (χ4n) is 5.76. The van der Waals surface area contributed by atoms with Crippen LogP contribution >= 0.6 is 12.4 Å². The Labute approximate surface area is 242 Å². The molecule has 2 aromatic rings. The molecule has 2 fully saturated rings. The van der Waals surface area contributed by atoms with E-state index in [2.05, 4.69) is 5.32 Å². The average Bonchev–Trinajstić information content (AvgIpc) is 3.22. The Morgan fingerprint density at radius 1 is 0.854 bits per heavy atom. The van der Waals surface area contributed by atoms with Crippen LogP contribution in [0.5, 0.6) is 0 Å². The predicted octanol–water partition coefficient (Wildman–Crippen LogP) is 6.77. The summed E-state index contributed by atoms with van der Waals surface area (Å²) in [6.07, 6.45) is -7.44. The van der Waals surface area contributed by atoms with Crippen molar-refractivity contribution in [2.75, 3.05) is 40.1 Å². The smallest absolute Gasteiger partial charge is 0.385 e. The van der Waals surface area contributed by atoms with Crippen LogP contribution in [0.3, 0.4) is 0 Å². The van der Waals surface area contributed by atoms with Crippen LogP contribution in [0.15, 0.2) is 48.5 Å². The molecule has 0 aromatic heterocycles. The summed E-state index contributed by atoms with van der Waals surface area (Å²) in [4.78, 5) is 0. The van der Waals surface area contributed by atoms with E-state index in [1.807, 2.05) is 30.3 Å². The number of fused-ring (bicyclic) bond motifs is 2. The molecule has 2 heterocycles. The molecular weight excluding hydrogens is 576 g/mol. The van der Waals surface area contributed by atoms with Crippen LogP contribution in [0.25, 0.3) is 0 Å². The third-order valence-corrected chi connectivity index (χ3v) is 7.61. The summed E-state index contributed by atoms with van der Waals surface area (Å²) in [6, 6.07) is 11.4. The molecule has 230 valence electrons. The Morgan fingerprint density at radius 3 is 2.15 bits per heavy atom. The first-order chi connectivity index (χ1) is 19.0. The highest BCUT2D eigenvalue weighted by Gasteiger charge is 2.54. The number of hydrogen-bond donors (Lipinski definition) is 1. The number of hydrogen-bond acceptors (Lipinski definition) is 5. The van der Waals surface area contributed by atoms with E-state index in [-0.39, 0.29) is 42.6 Å². The zero-order chi connectivity index (χ0) is 28.8. The van der Waals surface area contributed by atoms with Crippen molar-refractivity contribution in [1.82, 2.24) is 5.32 Å². The summed E-state index contributed by atoms with van der Waals surface area (Å²) in [6.45, 7) is 2.28. The lowest BCUT2D eigenvalue weighted by Gasteiger charge is -2.42. The van der Waals surface area contributed by atoms with Gasteiger partial charge in [-0.2, -0.15) is 26.3 Å². The van der Waals surface area contributed by atoms with Gasteiger partial charge in [0.15, 0.2) is 0 Å². The molecule has 0 spiro atoms. The Kier molecular flexibility index (Phi) is 11.9. The van der Waals surface area contributed by atoms with Gasteiger partial charge in [0.2, 0.25) is 0 Å². The average molecular weight is 612 g/mol. The van der Waals surface area contributed by atoms with Gasteiger partial charge in [-0.05, 0) is 60.9 Å². The number of piperidine rings is 1. The molecule has 2 aliphatic rings. The first kappa shape index (κ1) is 33.6. The minimum Gasteiger partial charge on any atom is -0.385 e. The lowest BCUT2D eigenvalue weighted by atomic mass is 9.80. The zero-order valence-electron chi connectivity index (χ0n) is 22.7. The molecule has 12 heteroatoms. The summed E-state index contributed by atoms with van der Waals surface area (Å²) in [5, 5.41) is 3.69. The van der Waals surface area contributed by atoms with Crippen molar-refractivity contribution in [2.45, 2.75) is 62.3 Å². The van der Waals surface area contributed by atoms with E-state index in [9.17, 15) is 26.3 Å². The molecule has 2 bridgehead atoms. The van der Waals surface area contributed by atoms with E-state index < -0.39 is 35.1 Å². The van der Waals surface area contributed by atoms with Crippen molar-refractivity contribution >= 4 is 12.4 Å². The molecule has 4 rings (SSSR count). The highest BCUT2D eigenvalue weighted by Crippen LogP contribution is 2.48. The van der Waals surface area contributed by atoms with E-state index in [0.29, 0.717) is 45.9 Å². The molecule has 0 aliphatic carbocycles. The number of halogens is 7. The van der Waals surface area contributed by atoms with Gasteiger partial charge in [0, 0.05) is 26.4 Å². The highest BCUT2D eigenvalue weighted by atomic mass is 35.5. The minimum atomic E-state index is -4.91. The highest BCUT2D eigenvalue weighted by molar-refractivity contribution is 5.85. The van der Waals surface area contributed by atoms with E-state index in [4.69, 9.17) is 18.9 Å². The van der Waals surface area contributed by atoms with Gasteiger partial charge >= 0.3 is 12.4 Å². The molecule has 0 radical (unpaired) electrons. The first-order valence-corrected chi connectivity index (χ1v) is 13.4. The van der Waals surface area contributed by atoms with Crippen LogP contribution in [0.1, 0.15) is 47.9 Å². The van der Waals surface area contributed by atoms with Gasteiger partial charge in [0.25, 0.3) is 0 Å². The molecule has 1 N–H and O–H groups in total. The molecule has 4 atom stereocenters. The maximum Gasteiger partial charge on any atom is 0.416 e. The van der Waals surface area contributed by atoms with Gasteiger partial charge in [-0.15, -0.1) is 12.4 Å². The molecule has 2 aliphatic heterocycles. The number of ether oxygens (including phenoxy) is 4. The summed E-state index contributed by atoms with van der Waals surface area (Å²) < 4.78 is 103. The molecule has 5 nitrogen and oxygen atoms in total. The summed E-state index contributed by atoms with van der Waals surface area (Å²) in [7, 11) is 1.64. The largest absolute Gasteiger partial charge is 0.416 e.